The molecule has 3 N–H and O–H groups in total. The maximum absolute atomic E-state index is 13.9. The molecule has 2 aromatic heterocycles. The van der Waals surface area contributed by atoms with Gasteiger partial charge in [-0.1, -0.05) is 64.9 Å². The number of aromatic nitrogens is 3. The van der Waals surface area contributed by atoms with Crippen molar-refractivity contribution in [2.45, 2.75) is 25.3 Å². The molecule has 0 fully saturated rings. The predicted molar refractivity (Wildman–Crippen MR) is 115 cm³/mol. The number of alkyl halides is 3. The van der Waals surface area contributed by atoms with Crippen LogP contribution < -0.4 is 5.32 Å². The summed E-state index contributed by atoms with van der Waals surface area (Å²) >= 11 is 0. The minimum absolute atomic E-state index is 0.0207. The number of halogens is 3. The number of aliphatic hydroxyl groups is 2. The van der Waals surface area contributed by atoms with E-state index in [0.29, 0.717) is 5.56 Å². The van der Waals surface area contributed by atoms with E-state index in [9.17, 15) is 28.2 Å². The van der Waals surface area contributed by atoms with Gasteiger partial charge in [0.25, 0.3) is 11.8 Å². The third-order valence-electron chi connectivity index (χ3n) is 4.95. The SMILES string of the molecule is CC(O)CNC(=O)C(O)c1ccc(-c2noc(-c3onc(-c4ccccc4)c3C(F)(F)F)n2)cc1. The zero-order valence-electron chi connectivity index (χ0n) is 18.2. The minimum Gasteiger partial charge on any atom is -0.392 e. The average molecular weight is 488 g/mol. The summed E-state index contributed by atoms with van der Waals surface area (Å²) in [6.45, 7) is 1.46. The second kappa shape index (κ2) is 9.68. The largest absolute Gasteiger partial charge is 0.422 e. The van der Waals surface area contributed by atoms with Gasteiger partial charge < -0.3 is 24.6 Å². The van der Waals surface area contributed by atoms with Gasteiger partial charge in [-0.05, 0) is 12.5 Å². The van der Waals surface area contributed by atoms with Crippen LogP contribution in [0.3, 0.4) is 0 Å². The van der Waals surface area contributed by atoms with Crippen molar-refractivity contribution in [1.29, 1.82) is 0 Å². The van der Waals surface area contributed by atoms with Crippen LogP contribution in [-0.4, -0.2) is 44.1 Å². The number of benzene rings is 2. The lowest BCUT2D eigenvalue weighted by Crippen LogP contribution is -2.34. The van der Waals surface area contributed by atoms with Crippen LogP contribution in [-0.2, 0) is 11.0 Å². The number of hydrogen-bond acceptors (Lipinski definition) is 8. The maximum atomic E-state index is 13.9. The number of hydrogen-bond donors (Lipinski definition) is 3. The number of rotatable bonds is 7. The fraction of sp³-hybridized carbons (Fsp3) is 0.217. The Labute approximate surface area is 196 Å². The van der Waals surface area contributed by atoms with Gasteiger partial charge in [-0.15, -0.1) is 0 Å². The van der Waals surface area contributed by atoms with Gasteiger partial charge in [0.1, 0.15) is 11.3 Å². The molecule has 0 saturated heterocycles. The molecule has 0 aliphatic heterocycles. The molecule has 4 rings (SSSR count). The molecule has 0 radical (unpaired) electrons. The van der Waals surface area contributed by atoms with Crippen molar-refractivity contribution in [3.05, 3.63) is 65.7 Å². The zero-order chi connectivity index (χ0) is 25.2. The summed E-state index contributed by atoms with van der Waals surface area (Å²) in [6.07, 6.45) is -7.06. The molecule has 0 aliphatic rings. The van der Waals surface area contributed by atoms with Crippen molar-refractivity contribution < 1.29 is 37.2 Å². The van der Waals surface area contributed by atoms with Crippen LogP contribution in [0.15, 0.2) is 63.6 Å². The van der Waals surface area contributed by atoms with Crippen LogP contribution in [0, 0.1) is 0 Å². The molecular formula is C23H19F3N4O5. The molecule has 4 aromatic rings. The first-order valence-electron chi connectivity index (χ1n) is 10.4. The molecule has 2 unspecified atom stereocenters. The van der Waals surface area contributed by atoms with Crippen molar-refractivity contribution >= 4 is 5.91 Å². The van der Waals surface area contributed by atoms with E-state index < -0.39 is 47.2 Å². The van der Waals surface area contributed by atoms with E-state index in [1.807, 2.05) is 0 Å². The van der Waals surface area contributed by atoms with Crippen LogP contribution in [0.25, 0.3) is 34.3 Å². The Hall–Kier alpha value is -4.03. The first-order valence-corrected chi connectivity index (χ1v) is 10.4. The van der Waals surface area contributed by atoms with Crippen molar-refractivity contribution in [3.63, 3.8) is 0 Å². The van der Waals surface area contributed by atoms with Gasteiger partial charge in [-0.3, -0.25) is 4.79 Å². The molecule has 0 aliphatic carbocycles. The average Bonchev–Trinajstić information content (AvgIpc) is 3.50. The van der Waals surface area contributed by atoms with E-state index in [4.69, 9.17) is 9.05 Å². The topological polar surface area (TPSA) is 135 Å². The van der Waals surface area contributed by atoms with E-state index in [2.05, 4.69) is 20.6 Å². The van der Waals surface area contributed by atoms with Crippen molar-refractivity contribution in [2.75, 3.05) is 6.54 Å². The molecule has 2 aromatic carbocycles. The fourth-order valence-corrected chi connectivity index (χ4v) is 3.24. The van der Waals surface area contributed by atoms with Crippen LogP contribution >= 0.6 is 0 Å². The van der Waals surface area contributed by atoms with E-state index in [-0.39, 0.29) is 23.5 Å². The van der Waals surface area contributed by atoms with Crippen molar-refractivity contribution in [1.82, 2.24) is 20.6 Å². The molecule has 0 saturated carbocycles. The Kier molecular flexibility index (Phi) is 6.67. The maximum Gasteiger partial charge on any atom is 0.422 e. The van der Waals surface area contributed by atoms with Gasteiger partial charge in [0.05, 0.1) is 6.10 Å². The standard InChI is InChI=1S/C23H19F3N4O5/c1-12(31)11-27-21(33)18(32)14-7-9-15(10-8-14)20-28-22(35-30-20)19-16(23(24,25)26)17(29-34-19)13-5-3-2-4-6-13/h2-10,12,18,31-32H,11H2,1H3,(H,27,33). The summed E-state index contributed by atoms with van der Waals surface area (Å²) in [5.74, 6) is -1.95. The molecule has 2 atom stereocenters. The Morgan fingerprint density at radius 3 is 2.31 bits per heavy atom. The highest BCUT2D eigenvalue weighted by Gasteiger charge is 2.42. The van der Waals surface area contributed by atoms with Gasteiger partial charge in [0, 0.05) is 17.7 Å². The Morgan fingerprint density at radius 1 is 1.00 bits per heavy atom. The molecule has 0 spiro atoms. The summed E-state index contributed by atoms with van der Waals surface area (Å²) in [7, 11) is 0. The third-order valence-corrected chi connectivity index (χ3v) is 4.95. The lowest BCUT2D eigenvalue weighted by Gasteiger charge is -2.12. The second-order valence-corrected chi connectivity index (χ2v) is 7.64. The highest BCUT2D eigenvalue weighted by atomic mass is 19.4. The fourth-order valence-electron chi connectivity index (χ4n) is 3.24. The smallest absolute Gasteiger partial charge is 0.392 e. The number of amides is 1. The van der Waals surface area contributed by atoms with Crippen LogP contribution in [0.1, 0.15) is 24.2 Å². The summed E-state index contributed by atoms with van der Waals surface area (Å²) in [5, 5.41) is 29.1. The first-order chi connectivity index (χ1) is 16.6. The number of carbonyl (C=O) groups excluding carboxylic acids is 1. The highest BCUT2D eigenvalue weighted by molar-refractivity contribution is 5.82. The Balaban J connectivity index is 1.60. The number of aliphatic hydroxyl groups excluding tert-OH is 2. The predicted octanol–water partition coefficient (Wildman–Crippen LogP) is 3.61. The van der Waals surface area contributed by atoms with Gasteiger partial charge in [0.2, 0.25) is 11.6 Å². The van der Waals surface area contributed by atoms with Gasteiger partial charge in [0.15, 0.2) is 6.10 Å². The van der Waals surface area contributed by atoms with Gasteiger partial charge >= 0.3 is 6.18 Å². The molecule has 0 bridgehead atoms. The number of nitrogens with zero attached hydrogens (tertiary/aromatic N) is 3. The Morgan fingerprint density at radius 2 is 1.69 bits per heavy atom. The molecule has 12 heteroatoms. The van der Waals surface area contributed by atoms with E-state index in [1.54, 1.807) is 18.2 Å². The lowest BCUT2D eigenvalue weighted by molar-refractivity contribution is -0.137. The molecular weight excluding hydrogens is 469 g/mol. The van der Waals surface area contributed by atoms with E-state index in [0.717, 1.165) is 0 Å². The number of carbonyl (C=O) groups is 1. The van der Waals surface area contributed by atoms with Crippen molar-refractivity contribution in [2.24, 2.45) is 0 Å². The van der Waals surface area contributed by atoms with Crippen LogP contribution in [0.5, 0.6) is 0 Å². The van der Waals surface area contributed by atoms with Gasteiger partial charge in [-0.25, -0.2) is 0 Å². The molecule has 182 valence electrons. The monoisotopic (exact) mass is 488 g/mol. The summed E-state index contributed by atoms with van der Waals surface area (Å²) in [6, 6.07) is 13.5. The van der Waals surface area contributed by atoms with E-state index in [1.165, 1.54) is 43.3 Å². The normalized spacial score (nSPS) is 13.4. The number of nitrogens with one attached hydrogen (secondary N) is 1. The summed E-state index contributed by atoms with van der Waals surface area (Å²) < 4.78 is 51.6. The highest BCUT2D eigenvalue weighted by Crippen LogP contribution is 2.43. The van der Waals surface area contributed by atoms with E-state index >= 15 is 0 Å². The zero-order valence-corrected chi connectivity index (χ0v) is 18.2. The first kappa shape index (κ1) is 24.1. The molecule has 2 heterocycles. The quantitative estimate of drug-likeness (QED) is 0.359. The third kappa shape index (κ3) is 5.23. The molecule has 1 amide bonds. The molecule has 35 heavy (non-hydrogen) atoms. The van der Waals surface area contributed by atoms with Gasteiger partial charge in [-0.2, -0.15) is 18.2 Å². The summed E-state index contributed by atoms with van der Waals surface area (Å²) in [4.78, 5) is 16.0. The second-order valence-electron chi connectivity index (χ2n) is 7.64. The Bertz CT molecular complexity index is 1300. The van der Waals surface area contributed by atoms with Crippen LogP contribution in [0.4, 0.5) is 13.2 Å². The lowest BCUT2D eigenvalue weighted by atomic mass is 10.1. The molecule has 9 nitrogen and oxygen atoms in total. The van der Waals surface area contributed by atoms with Crippen molar-refractivity contribution in [3.8, 4) is 34.3 Å². The summed E-state index contributed by atoms with van der Waals surface area (Å²) in [5.41, 5.74) is -0.721. The van der Waals surface area contributed by atoms with Crippen LogP contribution in [0.2, 0.25) is 0 Å². The minimum atomic E-state index is -4.80.